The van der Waals surface area contributed by atoms with Gasteiger partial charge in [-0.25, -0.2) is 8.42 Å². The lowest BCUT2D eigenvalue weighted by Gasteiger charge is -2.41. The lowest BCUT2D eigenvalue weighted by molar-refractivity contribution is 0.0192. The predicted molar refractivity (Wildman–Crippen MR) is 167 cm³/mol. The van der Waals surface area contributed by atoms with Gasteiger partial charge in [0, 0.05) is 56.1 Å². The third-order valence-electron chi connectivity index (χ3n) is 6.80. The van der Waals surface area contributed by atoms with E-state index in [0.29, 0.717) is 49.9 Å². The quantitative estimate of drug-likeness (QED) is 0.328. The van der Waals surface area contributed by atoms with Crippen molar-refractivity contribution in [2.75, 3.05) is 26.2 Å². The zero-order valence-electron chi connectivity index (χ0n) is 23.7. The average molecular weight is 582 g/mol. The smallest absolute Gasteiger partial charge is 0.243 e. The van der Waals surface area contributed by atoms with Gasteiger partial charge >= 0.3 is 0 Å². The average Bonchev–Trinajstić information content (AvgIpc) is 3.22. The SMILES string of the molecule is C=C/C(=C1/C=CN=CC/C1=C/C)S(=O)(=O)N1CCN(Cc2ccccc2)C(COCc2ccc(Cl)cc2)C1.CC. The van der Waals surface area contributed by atoms with E-state index in [-0.39, 0.29) is 10.9 Å². The molecule has 1 atom stereocenters. The number of ether oxygens (including phenoxy) is 1. The Morgan fingerprint density at radius 2 is 1.82 bits per heavy atom. The zero-order valence-corrected chi connectivity index (χ0v) is 25.2. The highest BCUT2D eigenvalue weighted by Crippen LogP contribution is 2.29. The van der Waals surface area contributed by atoms with Gasteiger partial charge in [-0.3, -0.25) is 9.89 Å². The second-order valence-electron chi connectivity index (χ2n) is 9.26. The standard InChI is InChI=1S/C30H34ClN3O3S.C2H6/c1-3-26-14-16-32-17-15-29(26)30(4-2)38(35,36)34-19-18-33(20-24-8-6-5-7-9-24)28(21-34)23-37-22-25-10-12-27(31)13-11-25;1-2/h3-13,15-17,28H,2,14,18-23H2,1H3;1-2H3/b26-3-,30-29+;. The molecule has 2 aliphatic heterocycles. The van der Waals surface area contributed by atoms with Crippen LogP contribution in [0.5, 0.6) is 0 Å². The second-order valence-corrected chi connectivity index (χ2v) is 11.6. The summed E-state index contributed by atoms with van der Waals surface area (Å²) in [6.45, 7) is 12.6. The number of nitrogens with zero attached hydrogens (tertiary/aromatic N) is 3. The number of hydrogen-bond acceptors (Lipinski definition) is 5. The Balaban J connectivity index is 0.00000216. The van der Waals surface area contributed by atoms with Crippen molar-refractivity contribution in [2.45, 2.75) is 46.4 Å². The summed E-state index contributed by atoms with van der Waals surface area (Å²) in [5.41, 5.74) is 3.75. The van der Waals surface area contributed by atoms with E-state index < -0.39 is 10.0 Å². The first-order valence-electron chi connectivity index (χ1n) is 13.7. The molecule has 0 aliphatic carbocycles. The molecular weight excluding hydrogens is 542 g/mol. The summed E-state index contributed by atoms with van der Waals surface area (Å²) < 4.78 is 35.6. The Labute approximate surface area is 245 Å². The molecule has 2 aliphatic rings. The molecule has 0 amide bonds. The Kier molecular flexibility index (Phi) is 12.6. The number of allylic oxidation sites excluding steroid dienone is 5. The maximum atomic E-state index is 14.0. The van der Waals surface area contributed by atoms with Crippen molar-refractivity contribution < 1.29 is 13.2 Å². The molecule has 0 aromatic heterocycles. The van der Waals surface area contributed by atoms with Crippen LogP contribution in [0, 0.1) is 0 Å². The van der Waals surface area contributed by atoms with Crippen LogP contribution in [0.25, 0.3) is 0 Å². The van der Waals surface area contributed by atoms with E-state index in [9.17, 15) is 8.42 Å². The van der Waals surface area contributed by atoms with Gasteiger partial charge in [-0.2, -0.15) is 4.31 Å². The molecule has 0 saturated carbocycles. The number of halogens is 1. The molecule has 1 unspecified atom stereocenters. The first-order valence-corrected chi connectivity index (χ1v) is 15.5. The van der Waals surface area contributed by atoms with Gasteiger partial charge in [-0.1, -0.05) is 80.6 Å². The lowest BCUT2D eigenvalue weighted by atomic mass is 10.0. The first kappa shape index (κ1) is 31.7. The minimum Gasteiger partial charge on any atom is -0.375 e. The van der Waals surface area contributed by atoms with E-state index in [0.717, 1.165) is 17.7 Å². The van der Waals surface area contributed by atoms with Crippen molar-refractivity contribution in [1.82, 2.24) is 9.21 Å². The van der Waals surface area contributed by atoms with Crippen molar-refractivity contribution in [3.63, 3.8) is 0 Å². The van der Waals surface area contributed by atoms with Crippen molar-refractivity contribution >= 4 is 27.8 Å². The van der Waals surface area contributed by atoms with Gasteiger partial charge in [0.1, 0.15) is 0 Å². The van der Waals surface area contributed by atoms with Crippen LogP contribution < -0.4 is 0 Å². The van der Waals surface area contributed by atoms with Crippen molar-refractivity contribution in [3.8, 4) is 0 Å². The molecule has 1 saturated heterocycles. The van der Waals surface area contributed by atoms with Gasteiger partial charge in [0.05, 0.1) is 18.1 Å². The molecule has 0 radical (unpaired) electrons. The van der Waals surface area contributed by atoms with Crippen LogP contribution in [-0.4, -0.2) is 56.1 Å². The monoisotopic (exact) mass is 581 g/mol. The largest absolute Gasteiger partial charge is 0.375 e. The van der Waals surface area contributed by atoms with Crippen LogP contribution in [0.3, 0.4) is 0 Å². The van der Waals surface area contributed by atoms with Crippen LogP contribution in [0.15, 0.2) is 107 Å². The fourth-order valence-corrected chi connectivity index (χ4v) is 6.50. The molecule has 0 N–H and O–H groups in total. The third-order valence-corrected chi connectivity index (χ3v) is 9.00. The van der Waals surface area contributed by atoms with E-state index in [1.165, 1.54) is 11.6 Å². The highest BCUT2D eigenvalue weighted by molar-refractivity contribution is 7.93. The molecule has 8 heteroatoms. The molecule has 214 valence electrons. The summed E-state index contributed by atoms with van der Waals surface area (Å²) in [4.78, 5) is 6.72. The Bertz CT molecular complexity index is 1330. The van der Waals surface area contributed by atoms with Crippen LogP contribution in [0.1, 0.15) is 38.3 Å². The number of piperazine rings is 1. The summed E-state index contributed by atoms with van der Waals surface area (Å²) in [6.07, 6.45) is 9.12. The lowest BCUT2D eigenvalue weighted by Crippen LogP contribution is -2.56. The fourth-order valence-electron chi connectivity index (χ4n) is 4.71. The van der Waals surface area contributed by atoms with Crippen molar-refractivity contribution in [3.05, 3.63) is 118 Å². The van der Waals surface area contributed by atoms with Gasteiger partial charge in [-0.15, -0.1) is 0 Å². The van der Waals surface area contributed by atoms with E-state index in [1.54, 1.807) is 22.8 Å². The molecule has 40 heavy (non-hydrogen) atoms. The maximum Gasteiger partial charge on any atom is 0.243 e. The number of aliphatic imine (C=N–C) groups is 1. The molecular formula is C32H40ClN3O3S. The minimum absolute atomic E-state index is 0.115. The molecule has 2 heterocycles. The molecule has 4 rings (SSSR count). The fraction of sp³-hybridized carbons (Fsp3) is 0.344. The normalized spacial score (nSPS) is 20.5. The predicted octanol–water partition coefficient (Wildman–Crippen LogP) is 6.77. The van der Waals surface area contributed by atoms with Crippen LogP contribution in [-0.2, 0) is 27.9 Å². The summed E-state index contributed by atoms with van der Waals surface area (Å²) in [6, 6.07) is 17.7. The first-order chi connectivity index (χ1) is 19.4. The van der Waals surface area contributed by atoms with Gasteiger partial charge in [0.2, 0.25) is 10.0 Å². The Hall–Kier alpha value is -2.81. The van der Waals surface area contributed by atoms with E-state index in [2.05, 4.69) is 28.6 Å². The third kappa shape index (κ3) is 8.35. The number of hydrogen-bond donors (Lipinski definition) is 0. The topological polar surface area (TPSA) is 62.2 Å². The summed E-state index contributed by atoms with van der Waals surface area (Å²) >= 11 is 6.01. The van der Waals surface area contributed by atoms with Gasteiger partial charge in [0.15, 0.2) is 0 Å². The molecule has 6 nitrogen and oxygen atoms in total. The van der Waals surface area contributed by atoms with Crippen molar-refractivity contribution in [1.29, 1.82) is 0 Å². The van der Waals surface area contributed by atoms with Crippen molar-refractivity contribution in [2.24, 2.45) is 4.99 Å². The van der Waals surface area contributed by atoms with E-state index in [4.69, 9.17) is 16.3 Å². The molecule has 0 bridgehead atoms. The minimum atomic E-state index is -3.79. The second kappa shape index (κ2) is 15.8. The highest BCUT2D eigenvalue weighted by atomic mass is 35.5. The highest BCUT2D eigenvalue weighted by Gasteiger charge is 2.36. The van der Waals surface area contributed by atoms with E-state index in [1.807, 2.05) is 69.3 Å². The van der Waals surface area contributed by atoms with Gasteiger partial charge in [-0.05, 0) is 53.5 Å². The Morgan fingerprint density at radius 1 is 1.10 bits per heavy atom. The van der Waals surface area contributed by atoms with E-state index >= 15 is 0 Å². The van der Waals surface area contributed by atoms with Crippen LogP contribution in [0.4, 0.5) is 0 Å². The number of sulfonamides is 1. The number of benzene rings is 2. The molecule has 2 aromatic carbocycles. The molecule has 1 fully saturated rings. The van der Waals surface area contributed by atoms with Gasteiger partial charge in [0.25, 0.3) is 0 Å². The van der Waals surface area contributed by atoms with Crippen LogP contribution in [0.2, 0.25) is 5.02 Å². The number of rotatable bonds is 9. The molecule has 0 spiro atoms. The summed E-state index contributed by atoms with van der Waals surface area (Å²) in [7, 11) is -3.79. The summed E-state index contributed by atoms with van der Waals surface area (Å²) in [5, 5.41) is 0.680. The Morgan fingerprint density at radius 3 is 2.50 bits per heavy atom. The molecule has 2 aromatic rings. The summed E-state index contributed by atoms with van der Waals surface area (Å²) in [5.74, 6) is 0. The van der Waals surface area contributed by atoms with Gasteiger partial charge < -0.3 is 4.74 Å². The van der Waals surface area contributed by atoms with Crippen LogP contribution >= 0.6 is 11.6 Å². The zero-order chi connectivity index (χ0) is 29.0. The maximum absolute atomic E-state index is 14.0.